The number of benzene rings is 1. The largest absolute Gasteiger partial charge is 0.485 e. The van der Waals surface area contributed by atoms with E-state index in [1.54, 1.807) is 13.1 Å². The number of allylic oxidation sites excluding steroid dienone is 1. The molecule has 0 fully saturated rings. The fourth-order valence-corrected chi connectivity index (χ4v) is 2.85. The summed E-state index contributed by atoms with van der Waals surface area (Å²) in [5, 5.41) is 11.7. The van der Waals surface area contributed by atoms with Crippen LogP contribution >= 0.6 is 0 Å². The summed E-state index contributed by atoms with van der Waals surface area (Å²) in [4.78, 5) is 23.5. The van der Waals surface area contributed by atoms with Crippen LogP contribution in [0.4, 0.5) is 5.69 Å². The maximum absolute atomic E-state index is 12.9. The van der Waals surface area contributed by atoms with Gasteiger partial charge >= 0.3 is 0 Å². The number of rotatable bonds is 10. The Morgan fingerprint density at radius 1 is 1.18 bits per heavy atom. The number of non-ortho nitro benzene ring substituents is 1. The number of hydrogen-bond acceptors (Lipinski definition) is 5. The zero-order valence-corrected chi connectivity index (χ0v) is 17.0. The minimum atomic E-state index is -0.480. The zero-order chi connectivity index (χ0) is 20.7. The average Bonchev–Trinajstić information content (AvgIpc) is 2.66. The lowest BCUT2D eigenvalue weighted by atomic mass is 10.1. The van der Waals surface area contributed by atoms with Gasteiger partial charge in [-0.2, -0.15) is 0 Å². The summed E-state index contributed by atoms with van der Waals surface area (Å²) in [5.74, 6) is 0.489. The Morgan fingerprint density at radius 3 is 2.57 bits per heavy atom. The Hall–Kier alpha value is -2.83. The highest BCUT2D eigenvalue weighted by molar-refractivity contribution is 5.89. The van der Waals surface area contributed by atoms with Gasteiger partial charge in [0.2, 0.25) is 5.75 Å². The van der Waals surface area contributed by atoms with Gasteiger partial charge < -0.3 is 14.0 Å². The van der Waals surface area contributed by atoms with Crippen molar-refractivity contribution in [2.24, 2.45) is 7.05 Å². The topological polar surface area (TPSA) is 83.6 Å². The molecule has 2 aromatic rings. The molecule has 0 unspecified atom stereocenters. The number of ether oxygens (including phenoxy) is 2. The second-order valence-corrected chi connectivity index (χ2v) is 6.98. The number of aromatic nitrogens is 1. The maximum atomic E-state index is 12.9. The normalized spacial score (nSPS) is 10.7. The predicted molar refractivity (Wildman–Crippen MR) is 110 cm³/mol. The minimum absolute atomic E-state index is 0.0778. The average molecular weight is 388 g/mol. The molecule has 28 heavy (non-hydrogen) atoms. The van der Waals surface area contributed by atoms with E-state index < -0.39 is 4.92 Å². The summed E-state index contributed by atoms with van der Waals surface area (Å²) in [7, 11) is 1.58. The molecular formula is C21H28N2O5. The van der Waals surface area contributed by atoms with Crippen LogP contribution in [0.1, 0.15) is 46.5 Å². The van der Waals surface area contributed by atoms with Crippen molar-refractivity contribution >= 4 is 16.6 Å². The number of hydrogen-bond donors (Lipinski definition) is 0. The maximum Gasteiger partial charge on any atom is 0.297 e. The van der Waals surface area contributed by atoms with Crippen molar-refractivity contribution in [3.8, 4) is 11.5 Å². The van der Waals surface area contributed by atoms with Gasteiger partial charge in [0.15, 0.2) is 5.75 Å². The fourth-order valence-electron chi connectivity index (χ4n) is 2.85. The first-order valence-corrected chi connectivity index (χ1v) is 9.56. The van der Waals surface area contributed by atoms with Crippen LogP contribution in [0.3, 0.4) is 0 Å². The molecule has 0 N–H and O–H groups in total. The van der Waals surface area contributed by atoms with Crippen molar-refractivity contribution in [1.29, 1.82) is 0 Å². The Kier molecular flexibility index (Phi) is 7.61. The van der Waals surface area contributed by atoms with E-state index in [-0.39, 0.29) is 23.6 Å². The molecule has 1 aromatic heterocycles. The Bertz CT molecular complexity index is 927. The second-order valence-electron chi connectivity index (χ2n) is 6.98. The monoisotopic (exact) mass is 388 g/mol. The third-order valence-corrected chi connectivity index (χ3v) is 4.47. The molecule has 2 rings (SSSR count). The summed E-state index contributed by atoms with van der Waals surface area (Å²) in [6, 6.07) is 4.40. The highest BCUT2D eigenvalue weighted by atomic mass is 16.6. The summed E-state index contributed by atoms with van der Waals surface area (Å²) in [5.41, 5.74) is 1.08. The van der Waals surface area contributed by atoms with E-state index >= 15 is 0 Å². The SMILES string of the molecule is CCCCCCOc1c(OCC=C(C)C)c2ccc([N+](=O)[O-])cc2n(C)c1=O. The van der Waals surface area contributed by atoms with Crippen molar-refractivity contribution in [3.05, 3.63) is 50.3 Å². The first-order valence-electron chi connectivity index (χ1n) is 9.56. The molecule has 0 aliphatic heterocycles. The molecule has 0 saturated heterocycles. The Labute approximate surface area is 164 Å². The van der Waals surface area contributed by atoms with Gasteiger partial charge in [0.25, 0.3) is 11.2 Å². The minimum Gasteiger partial charge on any atom is -0.485 e. The van der Waals surface area contributed by atoms with Crippen molar-refractivity contribution in [2.45, 2.75) is 46.5 Å². The molecule has 152 valence electrons. The third-order valence-electron chi connectivity index (χ3n) is 4.47. The lowest BCUT2D eigenvalue weighted by molar-refractivity contribution is -0.384. The molecule has 1 heterocycles. The van der Waals surface area contributed by atoms with Crippen LogP contribution in [-0.2, 0) is 7.05 Å². The van der Waals surface area contributed by atoms with Crippen molar-refractivity contribution in [3.63, 3.8) is 0 Å². The van der Waals surface area contributed by atoms with Crippen LogP contribution in [0.15, 0.2) is 34.6 Å². The molecule has 0 radical (unpaired) electrons. The van der Waals surface area contributed by atoms with E-state index in [1.165, 1.54) is 16.7 Å². The molecule has 7 heteroatoms. The van der Waals surface area contributed by atoms with Crippen LogP contribution in [0.25, 0.3) is 10.9 Å². The van der Waals surface area contributed by atoms with Gasteiger partial charge in [0.1, 0.15) is 6.61 Å². The summed E-state index contributed by atoms with van der Waals surface area (Å²) < 4.78 is 13.1. The highest BCUT2D eigenvalue weighted by Gasteiger charge is 2.20. The van der Waals surface area contributed by atoms with E-state index in [2.05, 4.69) is 6.92 Å². The van der Waals surface area contributed by atoms with Crippen molar-refractivity contribution < 1.29 is 14.4 Å². The van der Waals surface area contributed by atoms with Gasteiger partial charge in [-0.15, -0.1) is 0 Å². The molecule has 0 amide bonds. The molecule has 7 nitrogen and oxygen atoms in total. The summed E-state index contributed by atoms with van der Waals surface area (Å²) in [6.07, 6.45) is 6.02. The number of aryl methyl sites for hydroxylation is 1. The van der Waals surface area contributed by atoms with Crippen LogP contribution < -0.4 is 15.0 Å². The number of nitrogens with zero attached hydrogens (tertiary/aromatic N) is 2. The standard InChI is InChI=1S/C21H28N2O5/c1-5-6-7-8-12-27-20-19(28-13-11-15(2)3)17-10-9-16(23(25)26)14-18(17)22(4)21(20)24/h9-11,14H,5-8,12-13H2,1-4H3. The number of pyridine rings is 1. The Balaban J connectivity index is 2.50. The second kappa shape index (κ2) is 9.92. The summed E-state index contributed by atoms with van der Waals surface area (Å²) in [6.45, 7) is 6.76. The lowest BCUT2D eigenvalue weighted by Crippen LogP contribution is -2.21. The number of nitro benzene ring substituents is 1. The molecule has 0 aliphatic rings. The fraction of sp³-hybridized carbons (Fsp3) is 0.476. The number of fused-ring (bicyclic) bond motifs is 1. The molecule has 0 saturated carbocycles. The van der Waals surface area contributed by atoms with Crippen LogP contribution in [-0.4, -0.2) is 22.7 Å². The van der Waals surface area contributed by atoms with Crippen LogP contribution in [0, 0.1) is 10.1 Å². The van der Waals surface area contributed by atoms with Gasteiger partial charge in [0, 0.05) is 24.6 Å². The van der Waals surface area contributed by atoms with Gasteiger partial charge in [0.05, 0.1) is 17.0 Å². The van der Waals surface area contributed by atoms with Crippen molar-refractivity contribution in [1.82, 2.24) is 4.57 Å². The smallest absolute Gasteiger partial charge is 0.297 e. The van der Waals surface area contributed by atoms with Gasteiger partial charge in [-0.3, -0.25) is 14.9 Å². The quantitative estimate of drug-likeness (QED) is 0.254. The van der Waals surface area contributed by atoms with Crippen molar-refractivity contribution in [2.75, 3.05) is 13.2 Å². The van der Waals surface area contributed by atoms with Gasteiger partial charge in [-0.25, -0.2) is 0 Å². The molecule has 0 atom stereocenters. The first-order chi connectivity index (χ1) is 13.4. The number of unbranched alkanes of at least 4 members (excludes halogenated alkanes) is 3. The van der Waals surface area contributed by atoms with E-state index in [4.69, 9.17) is 9.47 Å². The molecule has 0 spiro atoms. The molecule has 0 aliphatic carbocycles. The Morgan fingerprint density at radius 2 is 1.93 bits per heavy atom. The van der Waals surface area contributed by atoms with E-state index in [0.29, 0.717) is 23.3 Å². The first kappa shape index (κ1) is 21.5. The summed E-state index contributed by atoms with van der Waals surface area (Å²) >= 11 is 0. The molecular weight excluding hydrogens is 360 g/mol. The predicted octanol–water partition coefficient (Wildman–Crippen LogP) is 4.75. The highest BCUT2D eigenvalue weighted by Crippen LogP contribution is 2.34. The zero-order valence-electron chi connectivity index (χ0n) is 17.0. The van der Waals surface area contributed by atoms with Crippen LogP contribution in [0.5, 0.6) is 11.5 Å². The number of nitro groups is 1. The van der Waals surface area contributed by atoms with Crippen LogP contribution in [0.2, 0.25) is 0 Å². The van der Waals surface area contributed by atoms with Gasteiger partial charge in [-0.1, -0.05) is 31.8 Å². The molecule has 1 aromatic carbocycles. The molecule has 0 bridgehead atoms. The third kappa shape index (κ3) is 5.12. The lowest BCUT2D eigenvalue weighted by Gasteiger charge is -2.16. The van der Waals surface area contributed by atoms with E-state index in [9.17, 15) is 14.9 Å². The van der Waals surface area contributed by atoms with Gasteiger partial charge in [-0.05, 0) is 32.4 Å². The van der Waals surface area contributed by atoms with E-state index in [1.807, 2.05) is 19.9 Å². The van der Waals surface area contributed by atoms with E-state index in [0.717, 1.165) is 31.3 Å².